The maximum absolute atomic E-state index is 13.9. The number of carbonyl (C=O) groups excluding carboxylic acids is 6. The van der Waals surface area contributed by atoms with E-state index in [1.165, 1.54) is 52.0 Å². The third kappa shape index (κ3) is 4.74. The Balaban J connectivity index is 2.25. The average Bonchev–Trinajstić information content (AvgIpc) is 3.16. The third-order valence-corrected chi connectivity index (χ3v) is 6.94. The number of carbonyl (C=O) groups is 6. The summed E-state index contributed by atoms with van der Waals surface area (Å²) in [5, 5.41) is 10.9. The van der Waals surface area contributed by atoms with Crippen LogP contribution in [0, 0.1) is 20.9 Å². The highest BCUT2D eigenvalue weighted by atomic mass is 16.6. The summed E-state index contributed by atoms with van der Waals surface area (Å²) in [4.78, 5) is 93.1. The number of nitro benzene ring substituents is 1. The molecule has 2 fully saturated rings. The third-order valence-electron chi connectivity index (χ3n) is 6.94. The first-order valence-electron chi connectivity index (χ1n) is 12.9. The molecule has 0 aliphatic carbocycles. The molecule has 2 heterocycles. The minimum atomic E-state index is -3.10. The van der Waals surface area contributed by atoms with E-state index in [0.717, 1.165) is 4.90 Å². The lowest BCUT2D eigenvalue weighted by Gasteiger charge is -2.42. The largest absolute Gasteiger partial charge is 0.465 e. The molecule has 41 heavy (non-hydrogen) atoms. The summed E-state index contributed by atoms with van der Waals surface area (Å²) in [6.07, 6.45) is -0.510. The van der Waals surface area contributed by atoms with E-state index in [-0.39, 0.29) is 37.7 Å². The molecule has 15 heteroatoms. The Hall–Kier alpha value is -4.56. The maximum atomic E-state index is 13.9. The van der Waals surface area contributed by atoms with Gasteiger partial charge in [0.1, 0.15) is 6.61 Å². The monoisotopic (exact) mass is 578 g/mol. The molecule has 0 bridgehead atoms. The second kappa shape index (κ2) is 12.3. The summed E-state index contributed by atoms with van der Waals surface area (Å²) < 4.78 is 26.1. The Kier molecular flexibility index (Phi) is 9.30. The number of amides is 1. The molecule has 0 aromatic heterocycles. The molecule has 3 rings (SSSR count). The molecule has 0 N–H and O–H groups in total. The fourth-order valence-corrected chi connectivity index (χ4v) is 5.33. The van der Waals surface area contributed by atoms with Crippen LogP contribution in [0.15, 0.2) is 24.3 Å². The molecule has 0 unspecified atom stereocenters. The molecular formula is C26H30N2O13. The maximum Gasteiger partial charge on any atom is 0.331 e. The van der Waals surface area contributed by atoms with Crippen LogP contribution < -0.4 is 0 Å². The van der Waals surface area contributed by atoms with Gasteiger partial charge in [-0.3, -0.25) is 34.1 Å². The minimum absolute atomic E-state index is 0.220. The normalized spacial score (nSPS) is 19.7. The van der Waals surface area contributed by atoms with E-state index in [2.05, 4.69) is 0 Å². The lowest BCUT2D eigenvalue weighted by atomic mass is 9.58. The number of hydrogen-bond donors (Lipinski definition) is 0. The van der Waals surface area contributed by atoms with Crippen LogP contribution in [0.3, 0.4) is 0 Å². The van der Waals surface area contributed by atoms with Crippen LogP contribution in [0.5, 0.6) is 0 Å². The van der Waals surface area contributed by atoms with Gasteiger partial charge < -0.3 is 28.6 Å². The Morgan fingerprint density at radius 2 is 1.24 bits per heavy atom. The van der Waals surface area contributed by atoms with E-state index in [9.17, 15) is 38.9 Å². The number of hydrogen-bond acceptors (Lipinski definition) is 13. The topological polar surface area (TPSA) is 195 Å². The molecule has 2 atom stereocenters. The van der Waals surface area contributed by atoms with Crippen molar-refractivity contribution in [1.82, 2.24) is 4.90 Å². The Morgan fingerprint density at radius 3 is 1.63 bits per heavy atom. The molecule has 0 spiro atoms. The summed E-state index contributed by atoms with van der Waals surface area (Å²) in [7, 11) is 0. The molecule has 222 valence electrons. The van der Waals surface area contributed by atoms with Crippen molar-refractivity contribution in [1.29, 1.82) is 0 Å². The number of benzene rings is 1. The molecule has 2 aliphatic heterocycles. The van der Waals surface area contributed by atoms with E-state index < -0.39 is 76.6 Å². The number of fused-ring (bicyclic) bond motifs is 1. The van der Waals surface area contributed by atoms with Crippen LogP contribution in [-0.2, 0) is 59.1 Å². The summed E-state index contributed by atoms with van der Waals surface area (Å²) in [5.41, 5.74) is -5.90. The predicted molar refractivity (Wildman–Crippen MR) is 133 cm³/mol. The smallest absolute Gasteiger partial charge is 0.331 e. The van der Waals surface area contributed by atoms with Crippen molar-refractivity contribution in [2.75, 3.05) is 26.4 Å². The average molecular weight is 579 g/mol. The van der Waals surface area contributed by atoms with Crippen molar-refractivity contribution < 1.29 is 57.4 Å². The van der Waals surface area contributed by atoms with Crippen molar-refractivity contribution in [3.63, 3.8) is 0 Å². The zero-order chi connectivity index (χ0) is 30.5. The molecule has 1 amide bonds. The highest BCUT2D eigenvalue weighted by Crippen LogP contribution is 2.62. The highest BCUT2D eigenvalue weighted by molar-refractivity contribution is 6.21. The van der Waals surface area contributed by atoms with Crippen molar-refractivity contribution in [3.05, 3.63) is 39.9 Å². The van der Waals surface area contributed by atoms with E-state index in [0.29, 0.717) is 0 Å². The highest BCUT2D eigenvalue weighted by Gasteiger charge is 2.89. The van der Waals surface area contributed by atoms with Gasteiger partial charge in [0.2, 0.25) is 16.7 Å². The summed E-state index contributed by atoms with van der Waals surface area (Å²) in [5.74, 6) is -7.84. The summed E-state index contributed by atoms with van der Waals surface area (Å²) in [6, 6.07) is 1.26. The Morgan fingerprint density at radius 1 is 0.805 bits per heavy atom. The van der Waals surface area contributed by atoms with Gasteiger partial charge in [0.05, 0.1) is 37.4 Å². The summed E-state index contributed by atoms with van der Waals surface area (Å²) in [6.45, 7) is 3.84. The number of esters is 5. The second-order valence-electron chi connectivity index (χ2n) is 8.95. The number of β-lactam (4-membered cyclic amide) rings is 1. The first-order chi connectivity index (χ1) is 19.5. The number of nitro groups is 1. The second-order valence-corrected chi connectivity index (χ2v) is 8.95. The molecule has 15 nitrogen and oxygen atoms in total. The predicted octanol–water partition coefficient (Wildman–Crippen LogP) is 0.846. The zero-order valence-electron chi connectivity index (χ0n) is 22.9. The first kappa shape index (κ1) is 31.0. The van der Waals surface area contributed by atoms with Crippen molar-refractivity contribution >= 4 is 41.4 Å². The van der Waals surface area contributed by atoms with Crippen molar-refractivity contribution in [2.45, 2.75) is 52.8 Å². The molecule has 1 aromatic rings. The Bertz CT molecular complexity index is 1210. The first-order valence-corrected chi connectivity index (χ1v) is 12.9. The zero-order valence-corrected chi connectivity index (χ0v) is 22.9. The molecular weight excluding hydrogens is 548 g/mol. The van der Waals surface area contributed by atoms with Gasteiger partial charge >= 0.3 is 29.8 Å². The van der Waals surface area contributed by atoms with Gasteiger partial charge in [0, 0.05) is 18.6 Å². The van der Waals surface area contributed by atoms with E-state index >= 15 is 0 Å². The van der Waals surface area contributed by atoms with Crippen LogP contribution in [0.2, 0.25) is 0 Å². The molecule has 2 aliphatic rings. The summed E-state index contributed by atoms with van der Waals surface area (Å²) >= 11 is 0. The fraction of sp³-hybridized carbons (Fsp3) is 0.538. The van der Waals surface area contributed by atoms with Crippen LogP contribution in [0.4, 0.5) is 5.69 Å². The van der Waals surface area contributed by atoms with Gasteiger partial charge in [-0.15, -0.1) is 0 Å². The number of nitrogens with zero attached hydrogens (tertiary/aromatic N) is 2. The van der Waals surface area contributed by atoms with Gasteiger partial charge in [0.25, 0.3) is 5.69 Å². The lowest BCUT2D eigenvalue weighted by Crippen LogP contribution is -2.67. The van der Waals surface area contributed by atoms with E-state index in [1.54, 1.807) is 0 Å². The molecule has 0 radical (unpaired) electrons. The fourth-order valence-electron chi connectivity index (χ4n) is 5.33. The number of non-ortho nitro benzene ring substituents is 1. The SMILES string of the molecule is CCOC(=O)C1(C(=O)OCC)[C@H](C(=O)OCc2ccc([N+](=O)[O-])cc2)N2C(=O)C[C@@H]2C1(C(=O)OCC)C(=O)OCC. The van der Waals surface area contributed by atoms with Crippen LogP contribution in [-0.4, -0.2) is 84.1 Å². The standard InChI is InChI=1S/C26H30N2O13/c1-5-37-21(31)25(22(32)38-6-2)17-13-18(29)27(17)19(26(25,23(33)39-7-3)24(34)40-8-4)20(30)41-14-15-9-11-16(12-10-15)28(35)36/h9-12,17,19H,5-8,13-14H2,1-4H3/t17-,19+/m1/s1. The van der Waals surface area contributed by atoms with Gasteiger partial charge in [-0.1, -0.05) is 0 Å². The minimum Gasteiger partial charge on any atom is -0.465 e. The number of ether oxygens (including phenoxy) is 5. The number of rotatable bonds is 12. The van der Waals surface area contributed by atoms with Crippen LogP contribution in [0.1, 0.15) is 39.7 Å². The van der Waals surface area contributed by atoms with Gasteiger partial charge in [-0.2, -0.15) is 0 Å². The van der Waals surface area contributed by atoms with Gasteiger partial charge in [-0.05, 0) is 45.4 Å². The quantitative estimate of drug-likeness (QED) is 0.0846. The molecule has 2 saturated heterocycles. The van der Waals surface area contributed by atoms with Gasteiger partial charge in [0.15, 0.2) is 6.04 Å². The van der Waals surface area contributed by atoms with Crippen molar-refractivity contribution in [2.24, 2.45) is 10.8 Å². The van der Waals surface area contributed by atoms with Crippen molar-refractivity contribution in [3.8, 4) is 0 Å². The van der Waals surface area contributed by atoms with E-state index in [4.69, 9.17) is 23.7 Å². The Labute approximate surface area is 234 Å². The molecule has 0 saturated carbocycles. The van der Waals surface area contributed by atoms with E-state index in [1.807, 2.05) is 0 Å². The molecule has 1 aromatic carbocycles. The lowest BCUT2D eigenvalue weighted by molar-refractivity contribution is -0.384. The van der Waals surface area contributed by atoms with Crippen LogP contribution in [0.25, 0.3) is 0 Å². The van der Waals surface area contributed by atoms with Crippen LogP contribution >= 0.6 is 0 Å². The van der Waals surface area contributed by atoms with Gasteiger partial charge in [-0.25, -0.2) is 4.79 Å².